The average molecular weight is 289 g/mol. The largest absolute Gasteiger partial charge is 0.396 e. The maximum Gasteiger partial charge on any atom is 0.315 e. The first-order valence-electron chi connectivity index (χ1n) is 6.12. The summed E-state index contributed by atoms with van der Waals surface area (Å²) in [5, 5.41) is 14.3. The molecule has 6 heteroatoms. The number of nitrogens with one attached hydrogen (secondary N) is 2. The molecule has 0 aliphatic carbocycles. The van der Waals surface area contributed by atoms with E-state index in [1.165, 1.54) is 12.1 Å². The third-order valence-corrected chi connectivity index (χ3v) is 3.02. The van der Waals surface area contributed by atoms with Gasteiger partial charge in [0.05, 0.1) is 0 Å². The van der Waals surface area contributed by atoms with Crippen molar-refractivity contribution >= 4 is 17.6 Å². The van der Waals surface area contributed by atoms with Crippen molar-refractivity contribution in [2.45, 2.75) is 25.8 Å². The Bertz CT molecular complexity index is 409. The highest BCUT2D eigenvalue weighted by Crippen LogP contribution is 2.18. The van der Waals surface area contributed by atoms with Crippen LogP contribution in [0.4, 0.5) is 9.18 Å². The number of amides is 2. The zero-order valence-electron chi connectivity index (χ0n) is 10.7. The predicted octanol–water partition coefficient (Wildman–Crippen LogP) is 2.09. The van der Waals surface area contributed by atoms with E-state index in [1.54, 1.807) is 13.0 Å². The molecular formula is C13H18ClFN2O2. The van der Waals surface area contributed by atoms with E-state index in [0.29, 0.717) is 30.0 Å². The molecule has 0 saturated carbocycles. The fraction of sp³-hybridized carbons (Fsp3) is 0.462. The van der Waals surface area contributed by atoms with Crippen LogP contribution < -0.4 is 10.6 Å². The highest BCUT2D eigenvalue weighted by atomic mass is 35.5. The Labute approximate surface area is 117 Å². The van der Waals surface area contributed by atoms with Crippen molar-refractivity contribution < 1.29 is 14.3 Å². The molecule has 1 aromatic carbocycles. The van der Waals surface area contributed by atoms with Gasteiger partial charge in [-0.25, -0.2) is 9.18 Å². The Kier molecular flexibility index (Phi) is 6.59. The number of hydrogen-bond acceptors (Lipinski definition) is 2. The number of carbonyl (C=O) groups excluding carboxylic acids is 1. The highest BCUT2D eigenvalue weighted by Gasteiger charge is 2.09. The molecule has 0 spiro atoms. The fourth-order valence-electron chi connectivity index (χ4n) is 1.61. The summed E-state index contributed by atoms with van der Waals surface area (Å²) in [4.78, 5) is 11.5. The van der Waals surface area contributed by atoms with Crippen LogP contribution in [0.3, 0.4) is 0 Å². The van der Waals surface area contributed by atoms with Gasteiger partial charge in [0.2, 0.25) is 0 Å². The number of rotatable bonds is 6. The van der Waals surface area contributed by atoms with Crippen LogP contribution in [0.1, 0.15) is 18.9 Å². The van der Waals surface area contributed by atoms with Crippen molar-refractivity contribution in [2.75, 3.05) is 13.2 Å². The summed E-state index contributed by atoms with van der Waals surface area (Å²) in [6.07, 6.45) is 0.819. The summed E-state index contributed by atoms with van der Waals surface area (Å²) >= 11 is 5.87. The minimum absolute atomic E-state index is 0.0201. The van der Waals surface area contributed by atoms with Gasteiger partial charge < -0.3 is 15.7 Å². The quantitative estimate of drug-likeness (QED) is 0.751. The lowest BCUT2D eigenvalue weighted by atomic mass is 10.1. The summed E-state index contributed by atoms with van der Waals surface area (Å²) in [5.41, 5.74) is 0.396. The van der Waals surface area contributed by atoms with Crippen molar-refractivity contribution in [2.24, 2.45) is 0 Å². The summed E-state index contributed by atoms with van der Waals surface area (Å²) in [7, 11) is 0. The summed E-state index contributed by atoms with van der Waals surface area (Å²) < 4.78 is 13.4. The van der Waals surface area contributed by atoms with E-state index in [1.807, 2.05) is 0 Å². The molecule has 0 unspecified atom stereocenters. The predicted molar refractivity (Wildman–Crippen MR) is 72.8 cm³/mol. The molecule has 1 aromatic rings. The first-order chi connectivity index (χ1) is 9.04. The zero-order valence-corrected chi connectivity index (χ0v) is 11.5. The summed E-state index contributed by atoms with van der Waals surface area (Å²) in [6.45, 7) is 2.11. The molecule has 0 aromatic heterocycles. The molecule has 0 aliphatic rings. The molecule has 0 radical (unpaired) electrons. The number of benzene rings is 1. The van der Waals surface area contributed by atoms with Crippen molar-refractivity contribution in [1.29, 1.82) is 0 Å². The van der Waals surface area contributed by atoms with Crippen LogP contribution in [0.2, 0.25) is 5.02 Å². The lowest BCUT2D eigenvalue weighted by Gasteiger charge is -2.13. The normalized spacial score (nSPS) is 12.0. The van der Waals surface area contributed by atoms with Gasteiger partial charge in [-0.1, -0.05) is 17.7 Å². The number of aliphatic hydroxyl groups excluding tert-OH is 1. The van der Waals surface area contributed by atoms with E-state index >= 15 is 0 Å². The monoisotopic (exact) mass is 288 g/mol. The number of aliphatic hydroxyl groups is 1. The third kappa shape index (κ3) is 5.44. The van der Waals surface area contributed by atoms with E-state index in [0.717, 1.165) is 0 Å². The van der Waals surface area contributed by atoms with E-state index in [4.69, 9.17) is 16.7 Å². The van der Waals surface area contributed by atoms with Crippen molar-refractivity contribution in [3.05, 3.63) is 34.6 Å². The number of hydrogen-bond donors (Lipinski definition) is 3. The Balaban J connectivity index is 2.36. The van der Waals surface area contributed by atoms with Crippen molar-refractivity contribution in [3.8, 4) is 0 Å². The minimum atomic E-state index is -0.372. The van der Waals surface area contributed by atoms with Gasteiger partial charge in [-0.05, 0) is 31.9 Å². The van der Waals surface area contributed by atoms with Crippen LogP contribution in [-0.2, 0) is 6.42 Å². The molecular weight excluding hydrogens is 271 g/mol. The first-order valence-corrected chi connectivity index (χ1v) is 6.50. The molecule has 3 N–H and O–H groups in total. The van der Waals surface area contributed by atoms with Gasteiger partial charge in [0, 0.05) is 29.8 Å². The molecule has 1 rings (SSSR count). The average Bonchev–Trinajstić information content (AvgIpc) is 2.33. The van der Waals surface area contributed by atoms with Gasteiger partial charge in [0.15, 0.2) is 0 Å². The molecule has 0 heterocycles. The highest BCUT2D eigenvalue weighted by molar-refractivity contribution is 6.31. The van der Waals surface area contributed by atoms with E-state index in [2.05, 4.69) is 10.6 Å². The second-order valence-corrected chi connectivity index (χ2v) is 4.67. The lowest BCUT2D eigenvalue weighted by molar-refractivity contribution is 0.231. The van der Waals surface area contributed by atoms with Gasteiger partial charge in [-0.15, -0.1) is 0 Å². The Hall–Kier alpha value is -1.33. The second-order valence-electron chi connectivity index (χ2n) is 4.26. The molecule has 2 amide bonds. The minimum Gasteiger partial charge on any atom is -0.396 e. The van der Waals surface area contributed by atoms with E-state index < -0.39 is 0 Å². The molecule has 0 fully saturated rings. The maximum absolute atomic E-state index is 13.4. The molecule has 0 aliphatic heterocycles. The molecule has 4 nitrogen and oxygen atoms in total. The third-order valence-electron chi connectivity index (χ3n) is 2.66. The van der Waals surface area contributed by atoms with E-state index in [9.17, 15) is 9.18 Å². The maximum atomic E-state index is 13.4. The SMILES string of the molecule is C[C@H](CCO)NC(=O)NCCc1c(F)cccc1Cl. The van der Waals surface area contributed by atoms with Crippen LogP contribution in [0.25, 0.3) is 0 Å². The van der Waals surface area contributed by atoms with Crippen LogP contribution in [0.5, 0.6) is 0 Å². The molecule has 0 saturated heterocycles. The second kappa shape index (κ2) is 7.96. The van der Waals surface area contributed by atoms with Crippen molar-refractivity contribution in [1.82, 2.24) is 10.6 Å². The van der Waals surface area contributed by atoms with Crippen LogP contribution in [0, 0.1) is 5.82 Å². The van der Waals surface area contributed by atoms with Crippen LogP contribution >= 0.6 is 11.6 Å². The zero-order chi connectivity index (χ0) is 14.3. The van der Waals surface area contributed by atoms with Gasteiger partial charge in [0.1, 0.15) is 5.82 Å². The number of carbonyl (C=O) groups is 1. The Morgan fingerprint density at radius 2 is 2.26 bits per heavy atom. The summed E-state index contributed by atoms with van der Waals surface area (Å²) in [5.74, 6) is -0.372. The molecule has 0 bridgehead atoms. The lowest BCUT2D eigenvalue weighted by Crippen LogP contribution is -2.41. The Morgan fingerprint density at radius 1 is 1.53 bits per heavy atom. The standard InChI is InChI=1S/C13H18ClFN2O2/c1-9(6-8-18)17-13(19)16-7-5-10-11(14)3-2-4-12(10)15/h2-4,9,18H,5-8H2,1H3,(H2,16,17,19)/t9-/m1/s1. The fourth-order valence-corrected chi connectivity index (χ4v) is 1.87. The molecule has 106 valence electrons. The van der Waals surface area contributed by atoms with Crippen LogP contribution in [-0.4, -0.2) is 30.3 Å². The topological polar surface area (TPSA) is 61.4 Å². The molecule has 19 heavy (non-hydrogen) atoms. The molecule has 1 atom stereocenters. The van der Waals surface area contributed by atoms with Gasteiger partial charge in [-0.2, -0.15) is 0 Å². The smallest absolute Gasteiger partial charge is 0.315 e. The van der Waals surface area contributed by atoms with Gasteiger partial charge in [-0.3, -0.25) is 0 Å². The number of urea groups is 1. The van der Waals surface area contributed by atoms with Gasteiger partial charge in [0.25, 0.3) is 0 Å². The Morgan fingerprint density at radius 3 is 2.89 bits per heavy atom. The van der Waals surface area contributed by atoms with E-state index in [-0.39, 0.29) is 24.5 Å². The first kappa shape index (κ1) is 15.7. The van der Waals surface area contributed by atoms with Crippen LogP contribution in [0.15, 0.2) is 18.2 Å². The number of halogens is 2. The summed E-state index contributed by atoms with van der Waals surface area (Å²) in [6, 6.07) is 4.04. The van der Waals surface area contributed by atoms with Gasteiger partial charge >= 0.3 is 6.03 Å². The van der Waals surface area contributed by atoms with Crippen molar-refractivity contribution in [3.63, 3.8) is 0 Å².